The van der Waals surface area contributed by atoms with E-state index in [1.807, 2.05) is 0 Å². The van der Waals surface area contributed by atoms with Gasteiger partial charge in [0.1, 0.15) is 0 Å². The Morgan fingerprint density at radius 2 is 2.14 bits per heavy atom. The molecule has 4 heteroatoms. The molecule has 22 heavy (non-hydrogen) atoms. The second-order valence-corrected chi connectivity index (χ2v) is 5.31. The van der Waals surface area contributed by atoms with Gasteiger partial charge in [-0.2, -0.15) is 0 Å². The van der Waals surface area contributed by atoms with Gasteiger partial charge in [-0.05, 0) is 36.1 Å². The Hall–Kier alpha value is -1.97. The fourth-order valence-electron chi connectivity index (χ4n) is 2.11. The molecule has 1 aromatic rings. The van der Waals surface area contributed by atoms with Crippen molar-refractivity contribution in [3.63, 3.8) is 0 Å². The van der Waals surface area contributed by atoms with Gasteiger partial charge >= 0.3 is 5.97 Å². The summed E-state index contributed by atoms with van der Waals surface area (Å²) < 4.78 is 10.3. The van der Waals surface area contributed by atoms with E-state index in [1.54, 1.807) is 18.2 Å². The number of esters is 1. The van der Waals surface area contributed by atoms with E-state index in [0.29, 0.717) is 18.3 Å². The fraction of sp³-hybridized carbons (Fsp3) is 0.500. The number of benzene rings is 1. The summed E-state index contributed by atoms with van der Waals surface area (Å²) in [4.78, 5) is 11.7. The maximum atomic E-state index is 11.7. The van der Waals surface area contributed by atoms with Crippen LogP contribution in [0.2, 0.25) is 0 Å². The van der Waals surface area contributed by atoms with Crippen molar-refractivity contribution in [3.8, 4) is 11.5 Å². The van der Waals surface area contributed by atoms with Gasteiger partial charge in [-0.15, -0.1) is 0 Å². The molecule has 0 fully saturated rings. The van der Waals surface area contributed by atoms with Gasteiger partial charge in [0.05, 0.1) is 13.7 Å². The van der Waals surface area contributed by atoms with Crippen molar-refractivity contribution in [1.82, 2.24) is 0 Å². The summed E-state index contributed by atoms with van der Waals surface area (Å²) >= 11 is 0. The normalized spacial score (nSPS) is 12.3. The molecule has 0 spiro atoms. The molecule has 0 aliphatic heterocycles. The van der Waals surface area contributed by atoms with E-state index in [4.69, 9.17) is 9.47 Å². The zero-order chi connectivity index (χ0) is 16.4. The summed E-state index contributed by atoms with van der Waals surface area (Å²) in [5.74, 6) is 0.540. The Labute approximate surface area is 132 Å². The Balaban J connectivity index is 2.50. The number of ether oxygens (including phenoxy) is 2. The van der Waals surface area contributed by atoms with Crippen molar-refractivity contribution in [2.24, 2.45) is 5.92 Å². The fourth-order valence-corrected chi connectivity index (χ4v) is 2.11. The van der Waals surface area contributed by atoms with E-state index >= 15 is 0 Å². The molecule has 0 saturated heterocycles. The SMILES string of the molecule is CCCCC(CC)COC(=O)C=Cc1ccc(O)c(OC)c1. The molecule has 122 valence electrons. The molecular weight excluding hydrogens is 280 g/mol. The molecule has 1 unspecified atom stereocenters. The quantitative estimate of drug-likeness (QED) is 0.549. The zero-order valence-corrected chi connectivity index (χ0v) is 13.7. The highest BCUT2D eigenvalue weighted by Crippen LogP contribution is 2.26. The first-order valence-corrected chi connectivity index (χ1v) is 7.82. The van der Waals surface area contributed by atoms with E-state index < -0.39 is 0 Å². The number of hydrogen-bond acceptors (Lipinski definition) is 4. The van der Waals surface area contributed by atoms with Gasteiger partial charge < -0.3 is 14.6 Å². The van der Waals surface area contributed by atoms with E-state index in [1.165, 1.54) is 25.7 Å². The summed E-state index contributed by atoms with van der Waals surface area (Å²) in [7, 11) is 1.48. The van der Waals surface area contributed by atoms with Gasteiger partial charge in [0, 0.05) is 6.08 Å². The largest absolute Gasteiger partial charge is 0.504 e. The molecule has 1 aromatic carbocycles. The van der Waals surface area contributed by atoms with E-state index in [2.05, 4.69) is 13.8 Å². The summed E-state index contributed by atoms with van der Waals surface area (Å²) in [5.41, 5.74) is 0.768. The van der Waals surface area contributed by atoms with Gasteiger partial charge in [0.15, 0.2) is 11.5 Å². The van der Waals surface area contributed by atoms with Crippen LogP contribution in [-0.4, -0.2) is 24.8 Å². The number of aromatic hydroxyl groups is 1. The van der Waals surface area contributed by atoms with Gasteiger partial charge in [-0.1, -0.05) is 39.2 Å². The zero-order valence-electron chi connectivity index (χ0n) is 13.7. The van der Waals surface area contributed by atoms with Crippen LogP contribution in [0.4, 0.5) is 0 Å². The third kappa shape index (κ3) is 6.20. The van der Waals surface area contributed by atoms with Crippen molar-refractivity contribution in [3.05, 3.63) is 29.8 Å². The molecule has 0 amide bonds. The lowest BCUT2D eigenvalue weighted by molar-refractivity contribution is -0.139. The maximum absolute atomic E-state index is 11.7. The first kappa shape index (κ1) is 18.1. The number of phenolic OH excluding ortho intramolecular Hbond substituents is 1. The van der Waals surface area contributed by atoms with Gasteiger partial charge in [0.25, 0.3) is 0 Å². The second kappa shape index (κ2) is 9.87. The standard InChI is InChI=1S/C18H26O4/c1-4-6-7-14(5-2)13-22-18(20)11-9-15-8-10-16(19)17(12-15)21-3/h8-12,14,19H,4-7,13H2,1-3H3. The van der Waals surface area contributed by atoms with Crippen LogP contribution in [0.25, 0.3) is 6.08 Å². The van der Waals surface area contributed by atoms with E-state index in [0.717, 1.165) is 24.8 Å². The molecule has 1 N–H and O–H groups in total. The highest BCUT2D eigenvalue weighted by Gasteiger charge is 2.08. The molecule has 0 aliphatic rings. The topological polar surface area (TPSA) is 55.8 Å². The maximum Gasteiger partial charge on any atom is 0.330 e. The van der Waals surface area contributed by atoms with Crippen molar-refractivity contribution in [2.75, 3.05) is 13.7 Å². The minimum Gasteiger partial charge on any atom is -0.504 e. The average molecular weight is 306 g/mol. The van der Waals surface area contributed by atoms with E-state index in [-0.39, 0.29) is 11.7 Å². The van der Waals surface area contributed by atoms with Crippen LogP contribution >= 0.6 is 0 Å². The Kier molecular flexibility index (Phi) is 8.11. The Morgan fingerprint density at radius 3 is 2.77 bits per heavy atom. The number of phenols is 1. The van der Waals surface area contributed by atoms with Crippen LogP contribution in [0.1, 0.15) is 45.1 Å². The lowest BCUT2D eigenvalue weighted by atomic mass is 10.0. The number of rotatable bonds is 9. The van der Waals surface area contributed by atoms with Crippen molar-refractivity contribution in [2.45, 2.75) is 39.5 Å². The molecule has 0 radical (unpaired) electrons. The molecule has 0 aliphatic carbocycles. The number of unbranched alkanes of at least 4 members (excludes halogenated alkanes) is 1. The van der Waals surface area contributed by atoms with Crippen LogP contribution in [0.15, 0.2) is 24.3 Å². The second-order valence-electron chi connectivity index (χ2n) is 5.31. The molecule has 1 atom stereocenters. The van der Waals surface area contributed by atoms with Crippen LogP contribution in [0.5, 0.6) is 11.5 Å². The first-order chi connectivity index (χ1) is 10.6. The summed E-state index contributed by atoms with van der Waals surface area (Å²) in [5, 5.41) is 9.51. The predicted molar refractivity (Wildman–Crippen MR) is 88.0 cm³/mol. The number of methoxy groups -OCH3 is 1. The monoisotopic (exact) mass is 306 g/mol. The lowest BCUT2D eigenvalue weighted by Gasteiger charge is -2.13. The Bertz CT molecular complexity index is 494. The van der Waals surface area contributed by atoms with Crippen molar-refractivity contribution >= 4 is 12.0 Å². The average Bonchev–Trinajstić information content (AvgIpc) is 2.54. The third-order valence-electron chi connectivity index (χ3n) is 3.62. The minimum absolute atomic E-state index is 0.0731. The van der Waals surface area contributed by atoms with Gasteiger partial charge in [-0.25, -0.2) is 4.79 Å². The molecule has 0 saturated carbocycles. The van der Waals surface area contributed by atoms with Crippen LogP contribution in [0.3, 0.4) is 0 Å². The highest BCUT2D eigenvalue weighted by molar-refractivity contribution is 5.87. The van der Waals surface area contributed by atoms with Crippen LogP contribution < -0.4 is 4.74 Å². The third-order valence-corrected chi connectivity index (χ3v) is 3.62. The first-order valence-electron chi connectivity index (χ1n) is 7.82. The Morgan fingerprint density at radius 1 is 1.36 bits per heavy atom. The molecule has 1 rings (SSSR count). The molecule has 4 nitrogen and oxygen atoms in total. The summed E-state index contributed by atoms with van der Waals surface area (Å²) in [6.07, 6.45) is 7.49. The highest BCUT2D eigenvalue weighted by atomic mass is 16.5. The van der Waals surface area contributed by atoms with Crippen molar-refractivity contribution < 1.29 is 19.4 Å². The number of carbonyl (C=O) groups excluding carboxylic acids is 1. The van der Waals surface area contributed by atoms with Crippen molar-refractivity contribution in [1.29, 1.82) is 0 Å². The summed E-state index contributed by atoms with van der Waals surface area (Å²) in [6.45, 7) is 4.75. The smallest absolute Gasteiger partial charge is 0.330 e. The number of hydrogen-bond donors (Lipinski definition) is 1. The molecule has 0 aromatic heterocycles. The minimum atomic E-state index is -0.345. The van der Waals surface area contributed by atoms with Crippen LogP contribution in [0, 0.1) is 5.92 Å². The lowest BCUT2D eigenvalue weighted by Crippen LogP contribution is -2.12. The molecular formula is C18H26O4. The summed E-state index contributed by atoms with van der Waals surface area (Å²) in [6, 6.07) is 4.90. The predicted octanol–water partition coefficient (Wildman–Crippen LogP) is 4.17. The molecule has 0 heterocycles. The van der Waals surface area contributed by atoms with Crippen LogP contribution in [-0.2, 0) is 9.53 Å². The number of carbonyl (C=O) groups is 1. The molecule has 0 bridgehead atoms. The van der Waals surface area contributed by atoms with Gasteiger partial charge in [-0.3, -0.25) is 0 Å². The van der Waals surface area contributed by atoms with E-state index in [9.17, 15) is 9.90 Å². The van der Waals surface area contributed by atoms with Gasteiger partial charge in [0.2, 0.25) is 0 Å².